The van der Waals surface area contributed by atoms with E-state index in [0.717, 1.165) is 93.5 Å². The average molecular weight is 480 g/mol. The molecular formula is C28H41N5O2. The molecule has 2 aromatic rings. The summed E-state index contributed by atoms with van der Waals surface area (Å²) in [4.78, 5) is 35.3. The third-order valence-corrected chi connectivity index (χ3v) is 6.99. The number of likely N-dealkylation sites (N-methyl/N-ethyl adjacent to an activating group) is 1. The number of carbonyl (C=O) groups is 2. The molecule has 4 rings (SSSR count). The Kier molecular flexibility index (Phi) is 10.8. The molecule has 1 saturated carbocycles. The highest BCUT2D eigenvalue weighted by molar-refractivity contribution is 5.94. The maximum atomic E-state index is 11.4. The van der Waals surface area contributed by atoms with Crippen LogP contribution in [-0.4, -0.2) is 77.3 Å². The maximum Gasteiger partial charge on any atom is 0.209 e. The van der Waals surface area contributed by atoms with Crippen molar-refractivity contribution in [1.29, 1.82) is 0 Å². The number of nitrogens with zero attached hydrogens (tertiary/aromatic N) is 4. The summed E-state index contributed by atoms with van der Waals surface area (Å²) in [5.74, 6) is 0.0895. The first-order valence-corrected chi connectivity index (χ1v) is 13.1. The number of aromatic nitrogens is 2. The molecule has 7 nitrogen and oxygen atoms in total. The molecule has 1 amide bonds. The molecule has 190 valence electrons. The molecule has 0 spiro atoms. The quantitative estimate of drug-likeness (QED) is 0.413. The molecule has 1 aromatic carbocycles. The van der Waals surface area contributed by atoms with Crippen LogP contribution >= 0.6 is 0 Å². The third-order valence-electron chi connectivity index (χ3n) is 6.99. The van der Waals surface area contributed by atoms with Crippen molar-refractivity contribution in [2.75, 3.05) is 39.3 Å². The van der Waals surface area contributed by atoms with Crippen molar-refractivity contribution in [3.8, 4) is 11.3 Å². The summed E-state index contributed by atoms with van der Waals surface area (Å²) in [5, 5.41) is 3.44. The van der Waals surface area contributed by atoms with Crippen LogP contribution in [0.4, 0.5) is 0 Å². The molecule has 1 aliphatic carbocycles. The number of fused-ring (bicyclic) bond motifs is 1. The molecule has 0 atom stereocenters. The topological polar surface area (TPSA) is 78.4 Å². The van der Waals surface area contributed by atoms with Gasteiger partial charge in [0, 0.05) is 67.6 Å². The van der Waals surface area contributed by atoms with E-state index in [-0.39, 0.29) is 5.78 Å². The Labute approximate surface area is 210 Å². The van der Waals surface area contributed by atoms with E-state index in [4.69, 9.17) is 0 Å². The van der Waals surface area contributed by atoms with Gasteiger partial charge in [0.15, 0.2) is 5.78 Å². The van der Waals surface area contributed by atoms with Crippen LogP contribution < -0.4 is 5.32 Å². The van der Waals surface area contributed by atoms with Gasteiger partial charge in [-0.3, -0.25) is 9.59 Å². The molecule has 0 unspecified atom stereocenters. The van der Waals surface area contributed by atoms with Crippen molar-refractivity contribution >= 4 is 12.2 Å². The Balaban J connectivity index is 0.000000225. The van der Waals surface area contributed by atoms with Crippen molar-refractivity contribution < 1.29 is 9.59 Å². The number of carbonyl (C=O) groups excluding carboxylic acids is 2. The smallest absolute Gasteiger partial charge is 0.209 e. The van der Waals surface area contributed by atoms with E-state index < -0.39 is 0 Å². The Hall–Kier alpha value is -2.64. The fraction of sp³-hybridized carbons (Fsp3) is 0.571. The molecular weight excluding hydrogens is 438 g/mol. The predicted octanol–water partition coefficient (Wildman–Crippen LogP) is 3.76. The molecule has 2 heterocycles. The Morgan fingerprint density at radius 2 is 1.86 bits per heavy atom. The van der Waals surface area contributed by atoms with Gasteiger partial charge in [-0.2, -0.15) is 0 Å². The largest absolute Gasteiger partial charge is 0.344 e. The van der Waals surface area contributed by atoms with Crippen molar-refractivity contribution in [3.05, 3.63) is 47.4 Å². The highest BCUT2D eigenvalue weighted by Crippen LogP contribution is 2.26. The molecule has 2 aliphatic rings. The lowest BCUT2D eigenvalue weighted by Crippen LogP contribution is -2.40. The SMILES string of the molecule is CCCN(C=O)CCNC1CCC1.CCN1CCc2ncnc(-c3ccc(C(C)=O)cc3)c2CC1. The van der Waals surface area contributed by atoms with Crippen molar-refractivity contribution in [1.82, 2.24) is 25.1 Å². The number of hydrogen-bond acceptors (Lipinski definition) is 6. The second-order valence-corrected chi connectivity index (χ2v) is 9.44. The molecule has 1 fully saturated rings. The first-order chi connectivity index (χ1) is 17.0. The van der Waals surface area contributed by atoms with Crippen LogP contribution in [0.3, 0.4) is 0 Å². The number of Topliss-reactive ketones (excluding diaryl/α,β-unsaturated/α-hetero) is 1. The number of amides is 1. The summed E-state index contributed by atoms with van der Waals surface area (Å²) in [7, 11) is 0. The van der Waals surface area contributed by atoms with Crippen molar-refractivity contribution in [2.24, 2.45) is 0 Å². The standard InChI is InChI=1S/C18H21N3O.C10H20N2O/c1-3-21-10-8-16-17(9-11-21)19-12-20-18(16)15-6-4-14(5-7-15)13(2)22;1-2-7-12(9-13)8-6-11-10-4-3-5-10/h4-7,12H,3,8-11H2,1-2H3;9-11H,2-8H2,1H3. The lowest BCUT2D eigenvalue weighted by molar-refractivity contribution is -0.118. The van der Waals surface area contributed by atoms with E-state index >= 15 is 0 Å². The molecule has 0 saturated heterocycles. The highest BCUT2D eigenvalue weighted by atomic mass is 16.1. The molecule has 1 N–H and O–H groups in total. The van der Waals surface area contributed by atoms with Gasteiger partial charge in [0.25, 0.3) is 0 Å². The van der Waals surface area contributed by atoms with Crippen LogP contribution in [0.15, 0.2) is 30.6 Å². The van der Waals surface area contributed by atoms with Crippen LogP contribution in [0.5, 0.6) is 0 Å². The fourth-order valence-corrected chi connectivity index (χ4v) is 4.53. The summed E-state index contributed by atoms with van der Waals surface area (Å²) in [6, 6.07) is 8.46. The highest BCUT2D eigenvalue weighted by Gasteiger charge is 2.18. The van der Waals surface area contributed by atoms with E-state index in [2.05, 4.69) is 34.0 Å². The van der Waals surface area contributed by atoms with Crippen LogP contribution in [-0.2, 0) is 17.6 Å². The minimum atomic E-state index is 0.0895. The first-order valence-electron chi connectivity index (χ1n) is 13.1. The van der Waals surface area contributed by atoms with Gasteiger partial charge in [0.05, 0.1) is 5.69 Å². The molecule has 7 heteroatoms. The number of benzene rings is 1. The van der Waals surface area contributed by atoms with Crippen molar-refractivity contribution in [2.45, 2.75) is 65.3 Å². The fourth-order valence-electron chi connectivity index (χ4n) is 4.53. The second-order valence-electron chi connectivity index (χ2n) is 9.44. The van der Waals surface area contributed by atoms with E-state index in [1.165, 1.54) is 24.8 Å². The zero-order valence-electron chi connectivity index (χ0n) is 21.6. The van der Waals surface area contributed by atoms with E-state index in [9.17, 15) is 9.59 Å². The van der Waals surface area contributed by atoms with Gasteiger partial charge >= 0.3 is 0 Å². The van der Waals surface area contributed by atoms with Crippen LogP contribution in [0.1, 0.15) is 68.1 Å². The Morgan fingerprint density at radius 1 is 1.11 bits per heavy atom. The zero-order chi connectivity index (χ0) is 25.0. The maximum absolute atomic E-state index is 11.4. The van der Waals surface area contributed by atoms with Gasteiger partial charge < -0.3 is 15.1 Å². The lowest BCUT2D eigenvalue weighted by atomic mass is 9.93. The summed E-state index contributed by atoms with van der Waals surface area (Å²) in [5.41, 5.74) is 5.23. The second kappa shape index (κ2) is 14.0. The molecule has 0 bridgehead atoms. The van der Waals surface area contributed by atoms with Gasteiger partial charge in [0.2, 0.25) is 6.41 Å². The van der Waals surface area contributed by atoms with E-state index in [1.54, 1.807) is 13.3 Å². The normalized spacial score (nSPS) is 15.7. The third kappa shape index (κ3) is 7.94. The minimum absolute atomic E-state index is 0.0895. The summed E-state index contributed by atoms with van der Waals surface area (Å²) < 4.78 is 0. The molecule has 1 aliphatic heterocycles. The number of ketones is 1. The summed E-state index contributed by atoms with van der Waals surface area (Å²) in [6.45, 7) is 11.7. The van der Waals surface area contributed by atoms with Gasteiger partial charge in [0.1, 0.15) is 6.33 Å². The van der Waals surface area contributed by atoms with E-state index in [1.807, 2.05) is 29.2 Å². The summed E-state index contributed by atoms with van der Waals surface area (Å²) in [6.07, 6.45) is 9.61. The van der Waals surface area contributed by atoms with Gasteiger partial charge in [-0.1, -0.05) is 44.5 Å². The summed E-state index contributed by atoms with van der Waals surface area (Å²) >= 11 is 0. The van der Waals surface area contributed by atoms with Gasteiger partial charge in [-0.05, 0) is 39.2 Å². The number of hydrogen-bond donors (Lipinski definition) is 1. The lowest BCUT2D eigenvalue weighted by Gasteiger charge is -2.27. The van der Waals surface area contributed by atoms with E-state index in [0.29, 0.717) is 0 Å². The van der Waals surface area contributed by atoms with Crippen LogP contribution in [0, 0.1) is 0 Å². The minimum Gasteiger partial charge on any atom is -0.344 e. The Bertz CT molecular complexity index is 943. The van der Waals surface area contributed by atoms with Gasteiger partial charge in [-0.25, -0.2) is 9.97 Å². The predicted molar refractivity (Wildman–Crippen MR) is 141 cm³/mol. The molecule has 35 heavy (non-hydrogen) atoms. The van der Waals surface area contributed by atoms with Gasteiger partial charge in [-0.15, -0.1) is 0 Å². The number of nitrogens with one attached hydrogen (secondary N) is 1. The monoisotopic (exact) mass is 479 g/mol. The first kappa shape index (κ1) is 27.0. The van der Waals surface area contributed by atoms with Crippen molar-refractivity contribution in [3.63, 3.8) is 0 Å². The average Bonchev–Trinajstić information content (AvgIpc) is 3.07. The number of rotatable bonds is 10. The molecule has 1 aromatic heterocycles. The Morgan fingerprint density at radius 3 is 2.46 bits per heavy atom. The van der Waals surface area contributed by atoms with Crippen LogP contribution in [0.25, 0.3) is 11.3 Å². The van der Waals surface area contributed by atoms with Crippen LogP contribution in [0.2, 0.25) is 0 Å². The molecule has 0 radical (unpaired) electrons. The zero-order valence-corrected chi connectivity index (χ0v) is 21.6.